The summed E-state index contributed by atoms with van der Waals surface area (Å²) < 4.78 is 63.8. The van der Waals surface area contributed by atoms with Gasteiger partial charge in [0.25, 0.3) is 10.0 Å². The SMILES string of the molecule is CCCCCCCCCCO[C@@H]1[C@H]2OC(C)(C)O[C@H]2O[C@@H]1C(CN1CCOCC1)OC(=O)NS(=O)(=O)c1ccccc1.Cl. The number of nitrogens with zero attached hydrogens (tertiary/aromatic N) is 1. The summed E-state index contributed by atoms with van der Waals surface area (Å²) in [4.78, 5) is 15.1. The van der Waals surface area contributed by atoms with Crippen LogP contribution in [0.25, 0.3) is 0 Å². The van der Waals surface area contributed by atoms with E-state index in [4.69, 9.17) is 28.4 Å². The van der Waals surface area contributed by atoms with E-state index in [0.717, 1.165) is 19.3 Å². The number of unbranched alkanes of at least 4 members (excludes halogenated alkanes) is 7. The molecule has 43 heavy (non-hydrogen) atoms. The second kappa shape index (κ2) is 17.3. The highest BCUT2D eigenvalue weighted by Crippen LogP contribution is 2.40. The van der Waals surface area contributed by atoms with Gasteiger partial charge in [0, 0.05) is 26.2 Å². The zero-order valence-electron chi connectivity index (χ0n) is 25.6. The van der Waals surface area contributed by atoms with E-state index in [9.17, 15) is 13.2 Å². The molecule has 1 aromatic rings. The van der Waals surface area contributed by atoms with Crippen LogP contribution in [-0.4, -0.2) is 95.4 Å². The first-order valence-electron chi connectivity index (χ1n) is 15.4. The average Bonchev–Trinajstić information content (AvgIpc) is 3.44. The van der Waals surface area contributed by atoms with Crippen LogP contribution >= 0.6 is 12.4 Å². The van der Waals surface area contributed by atoms with E-state index in [-0.39, 0.29) is 17.3 Å². The summed E-state index contributed by atoms with van der Waals surface area (Å²) in [5.41, 5.74) is 0. The number of morpholine rings is 1. The van der Waals surface area contributed by atoms with Crippen LogP contribution in [-0.2, 0) is 38.4 Å². The Morgan fingerprint density at radius 2 is 1.67 bits per heavy atom. The van der Waals surface area contributed by atoms with Gasteiger partial charge in [0.2, 0.25) is 0 Å². The van der Waals surface area contributed by atoms with Crippen LogP contribution in [0.15, 0.2) is 35.2 Å². The molecular weight excluding hydrogens is 600 g/mol. The quantitative estimate of drug-likeness (QED) is 0.254. The molecule has 5 atom stereocenters. The molecule has 0 bridgehead atoms. The molecule has 3 fully saturated rings. The highest BCUT2D eigenvalue weighted by atomic mass is 35.5. The zero-order chi connectivity index (χ0) is 30.0. The third-order valence-electron chi connectivity index (χ3n) is 7.77. The van der Waals surface area contributed by atoms with E-state index in [2.05, 4.69) is 11.8 Å². The second-order valence-electron chi connectivity index (χ2n) is 11.7. The first-order chi connectivity index (χ1) is 20.2. The molecule has 4 rings (SSSR count). The van der Waals surface area contributed by atoms with Gasteiger partial charge < -0.3 is 28.4 Å². The van der Waals surface area contributed by atoms with Gasteiger partial charge >= 0.3 is 6.09 Å². The standard InChI is InChI=1S/C30H48N2O9S.ClH/c1-4-5-6-7-8-9-10-14-19-37-26-25(39-28-27(26)40-30(2,3)41-28)24(22-32-17-20-36-21-18-32)38-29(33)31-42(34,35)23-15-12-11-13-16-23;/h11-13,15-16,24-28H,4-10,14,17-22H2,1-3H3,(H,31,33);1H/t24?,25-,26+,27-,28-;/m1./s1. The highest BCUT2D eigenvalue weighted by Gasteiger charge is 2.58. The van der Waals surface area contributed by atoms with E-state index in [1.807, 2.05) is 18.6 Å². The number of amides is 1. The lowest BCUT2D eigenvalue weighted by Gasteiger charge is -2.35. The molecule has 0 aliphatic carbocycles. The van der Waals surface area contributed by atoms with Gasteiger partial charge in [-0.05, 0) is 32.4 Å². The van der Waals surface area contributed by atoms with Crippen LogP contribution in [0.1, 0.15) is 72.1 Å². The number of hydrogen-bond acceptors (Lipinski definition) is 10. The summed E-state index contributed by atoms with van der Waals surface area (Å²) in [6, 6.07) is 7.69. The maximum Gasteiger partial charge on any atom is 0.421 e. The molecule has 0 saturated carbocycles. The number of benzene rings is 1. The fraction of sp³-hybridized carbons (Fsp3) is 0.767. The van der Waals surface area contributed by atoms with Crippen LogP contribution < -0.4 is 4.72 Å². The first-order valence-corrected chi connectivity index (χ1v) is 16.9. The predicted octanol–water partition coefficient (Wildman–Crippen LogP) is 4.63. The lowest BCUT2D eigenvalue weighted by atomic mass is 10.0. The zero-order valence-corrected chi connectivity index (χ0v) is 27.2. The Morgan fingerprint density at radius 1 is 1.02 bits per heavy atom. The minimum atomic E-state index is -4.12. The summed E-state index contributed by atoms with van der Waals surface area (Å²) in [6.07, 6.45) is 5.00. The van der Waals surface area contributed by atoms with Crippen LogP contribution in [0.4, 0.5) is 4.79 Å². The number of nitrogens with one attached hydrogen (secondary N) is 1. The minimum Gasteiger partial charge on any atom is -0.441 e. The van der Waals surface area contributed by atoms with Gasteiger partial charge in [0.15, 0.2) is 12.1 Å². The third kappa shape index (κ3) is 10.8. The molecule has 1 amide bonds. The fourth-order valence-corrected chi connectivity index (χ4v) is 6.53. The molecular formula is C30H49ClN2O9S. The lowest BCUT2D eigenvalue weighted by Crippen LogP contribution is -2.52. The smallest absolute Gasteiger partial charge is 0.421 e. The van der Waals surface area contributed by atoms with Gasteiger partial charge in [-0.15, -0.1) is 12.4 Å². The van der Waals surface area contributed by atoms with Crippen molar-refractivity contribution in [2.45, 2.75) is 114 Å². The number of sulfonamides is 1. The highest BCUT2D eigenvalue weighted by molar-refractivity contribution is 7.90. The molecule has 0 spiro atoms. The number of carbonyl (C=O) groups excluding carboxylic acids is 1. The van der Waals surface area contributed by atoms with Crippen LogP contribution in [0.5, 0.6) is 0 Å². The molecule has 11 nitrogen and oxygen atoms in total. The van der Waals surface area contributed by atoms with E-state index in [1.54, 1.807) is 18.2 Å². The molecule has 1 N–H and O–H groups in total. The Kier molecular flexibility index (Phi) is 14.4. The molecule has 1 unspecified atom stereocenters. The number of fused-ring (bicyclic) bond motifs is 1. The van der Waals surface area contributed by atoms with E-state index in [1.165, 1.54) is 44.2 Å². The van der Waals surface area contributed by atoms with E-state index < -0.39 is 52.6 Å². The molecule has 246 valence electrons. The van der Waals surface area contributed by atoms with Crippen LogP contribution in [0.2, 0.25) is 0 Å². The van der Waals surface area contributed by atoms with Gasteiger partial charge in [-0.2, -0.15) is 0 Å². The Hall–Kier alpha value is -1.51. The van der Waals surface area contributed by atoms with Crippen molar-refractivity contribution in [2.24, 2.45) is 0 Å². The number of hydrogen-bond donors (Lipinski definition) is 1. The summed E-state index contributed by atoms with van der Waals surface area (Å²) >= 11 is 0. The molecule has 3 aliphatic rings. The number of halogens is 1. The second-order valence-corrected chi connectivity index (χ2v) is 13.3. The molecule has 3 saturated heterocycles. The number of carbonyl (C=O) groups is 1. The van der Waals surface area contributed by atoms with Crippen molar-refractivity contribution < 1.29 is 41.6 Å². The summed E-state index contributed by atoms with van der Waals surface area (Å²) in [6.45, 7) is 9.08. The van der Waals surface area contributed by atoms with Crippen molar-refractivity contribution in [3.8, 4) is 0 Å². The van der Waals surface area contributed by atoms with Gasteiger partial charge in [-0.1, -0.05) is 70.1 Å². The van der Waals surface area contributed by atoms with Crippen molar-refractivity contribution in [3.05, 3.63) is 30.3 Å². The topological polar surface area (TPSA) is 122 Å². The van der Waals surface area contributed by atoms with Crippen LogP contribution in [0.3, 0.4) is 0 Å². The Balaban J connectivity index is 0.00000506. The molecule has 3 aliphatic heterocycles. The van der Waals surface area contributed by atoms with E-state index >= 15 is 0 Å². The molecule has 0 aromatic heterocycles. The van der Waals surface area contributed by atoms with Crippen molar-refractivity contribution in [3.63, 3.8) is 0 Å². The monoisotopic (exact) mass is 648 g/mol. The third-order valence-corrected chi connectivity index (χ3v) is 9.10. The van der Waals surface area contributed by atoms with Gasteiger partial charge in [0.05, 0.1) is 18.1 Å². The van der Waals surface area contributed by atoms with Crippen molar-refractivity contribution in [2.75, 3.05) is 39.5 Å². The predicted molar refractivity (Wildman–Crippen MR) is 163 cm³/mol. The van der Waals surface area contributed by atoms with Gasteiger partial charge in [0.1, 0.15) is 24.4 Å². The molecule has 13 heteroatoms. The van der Waals surface area contributed by atoms with E-state index in [0.29, 0.717) is 39.5 Å². The Labute approximate surface area is 262 Å². The molecule has 0 radical (unpaired) electrons. The number of ether oxygens (including phenoxy) is 6. The van der Waals surface area contributed by atoms with Gasteiger partial charge in [-0.25, -0.2) is 17.9 Å². The Morgan fingerprint density at radius 3 is 2.35 bits per heavy atom. The summed E-state index contributed by atoms with van der Waals surface area (Å²) in [5, 5.41) is 0. The summed E-state index contributed by atoms with van der Waals surface area (Å²) in [7, 11) is -4.12. The lowest BCUT2D eigenvalue weighted by molar-refractivity contribution is -0.230. The van der Waals surface area contributed by atoms with Gasteiger partial charge in [-0.3, -0.25) is 4.90 Å². The number of rotatable bonds is 16. The summed E-state index contributed by atoms with van der Waals surface area (Å²) in [5.74, 6) is -0.845. The largest absolute Gasteiger partial charge is 0.441 e. The fourth-order valence-electron chi connectivity index (χ4n) is 5.62. The maximum absolute atomic E-state index is 13.0. The maximum atomic E-state index is 13.0. The minimum absolute atomic E-state index is 0. The van der Waals surface area contributed by atoms with Crippen LogP contribution in [0, 0.1) is 0 Å². The van der Waals surface area contributed by atoms with Crippen molar-refractivity contribution in [1.82, 2.24) is 9.62 Å². The Bertz CT molecular complexity index is 1070. The molecule has 3 heterocycles. The normalized spacial score (nSPS) is 25.9. The van der Waals surface area contributed by atoms with Crippen molar-refractivity contribution in [1.29, 1.82) is 0 Å². The first kappa shape index (κ1) is 36.0. The average molecular weight is 649 g/mol. The molecule has 1 aromatic carbocycles. The van der Waals surface area contributed by atoms with Crippen molar-refractivity contribution >= 4 is 28.5 Å².